The molecular weight excluding hydrogens is 218 g/mol. The highest BCUT2D eigenvalue weighted by atomic mass is 16.5. The zero-order chi connectivity index (χ0) is 12.8. The van der Waals surface area contributed by atoms with Gasteiger partial charge in [-0.05, 0) is 31.0 Å². The number of ether oxygens (including phenoxy) is 2. The molecule has 1 aromatic carbocycles. The van der Waals surface area contributed by atoms with Crippen molar-refractivity contribution in [1.29, 1.82) is 5.26 Å². The number of aryl methyl sites for hydroxylation is 1. The van der Waals surface area contributed by atoms with Crippen molar-refractivity contribution >= 4 is 5.97 Å². The number of nitrogens with zero attached hydrogens (tertiary/aromatic N) is 1. The van der Waals surface area contributed by atoms with Crippen molar-refractivity contribution in [3.8, 4) is 11.8 Å². The van der Waals surface area contributed by atoms with E-state index < -0.39 is 11.9 Å². The van der Waals surface area contributed by atoms with Crippen molar-refractivity contribution in [2.24, 2.45) is 0 Å². The van der Waals surface area contributed by atoms with Crippen LogP contribution in [0.4, 0.5) is 0 Å². The number of esters is 1. The Morgan fingerprint density at radius 2 is 2.24 bits per heavy atom. The summed E-state index contributed by atoms with van der Waals surface area (Å²) in [6, 6.07) is 7.19. The number of nitriles is 1. The van der Waals surface area contributed by atoms with Crippen molar-refractivity contribution in [1.82, 2.24) is 0 Å². The minimum absolute atomic E-state index is 0.264. The SMILES string of the molecule is CCOC(=O)C(C#N)c1ccc(C)c(OC)c1. The van der Waals surface area contributed by atoms with Gasteiger partial charge in [-0.3, -0.25) is 4.79 Å². The number of methoxy groups -OCH3 is 1. The number of hydrogen-bond donors (Lipinski definition) is 0. The lowest BCUT2D eigenvalue weighted by atomic mass is 9.99. The minimum Gasteiger partial charge on any atom is -0.496 e. The predicted molar refractivity (Wildman–Crippen MR) is 62.7 cm³/mol. The molecule has 0 amide bonds. The molecule has 1 aromatic rings. The van der Waals surface area contributed by atoms with E-state index in [1.807, 2.05) is 19.1 Å². The van der Waals surface area contributed by atoms with Gasteiger partial charge in [0.05, 0.1) is 19.8 Å². The fourth-order valence-corrected chi connectivity index (χ4v) is 1.51. The highest BCUT2D eigenvalue weighted by Crippen LogP contribution is 2.24. The third-order valence-corrected chi connectivity index (χ3v) is 2.42. The van der Waals surface area contributed by atoms with Gasteiger partial charge in [0, 0.05) is 0 Å². The summed E-state index contributed by atoms with van der Waals surface area (Å²) in [4.78, 5) is 11.6. The van der Waals surface area contributed by atoms with E-state index in [4.69, 9.17) is 14.7 Å². The number of carbonyl (C=O) groups is 1. The molecule has 0 aliphatic rings. The molecule has 0 heterocycles. The molecule has 1 atom stereocenters. The van der Waals surface area contributed by atoms with Gasteiger partial charge in [0.25, 0.3) is 0 Å². The van der Waals surface area contributed by atoms with Gasteiger partial charge in [-0.1, -0.05) is 12.1 Å². The van der Waals surface area contributed by atoms with E-state index in [0.717, 1.165) is 5.56 Å². The first-order valence-electron chi connectivity index (χ1n) is 5.34. The van der Waals surface area contributed by atoms with Gasteiger partial charge in [-0.15, -0.1) is 0 Å². The van der Waals surface area contributed by atoms with Crippen LogP contribution in [0.25, 0.3) is 0 Å². The third kappa shape index (κ3) is 2.97. The van der Waals surface area contributed by atoms with E-state index in [9.17, 15) is 4.79 Å². The monoisotopic (exact) mass is 233 g/mol. The molecule has 0 fully saturated rings. The molecule has 0 saturated heterocycles. The molecule has 0 radical (unpaired) electrons. The zero-order valence-electron chi connectivity index (χ0n) is 10.2. The van der Waals surface area contributed by atoms with Crippen LogP contribution in [-0.2, 0) is 9.53 Å². The van der Waals surface area contributed by atoms with Crippen LogP contribution in [-0.4, -0.2) is 19.7 Å². The first-order valence-corrected chi connectivity index (χ1v) is 5.34. The van der Waals surface area contributed by atoms with Crippen molar-refractivity contribution in [3.63, 3.8) is 0 Å². The second kappa shape index (κ2) is 5.90. The van der Waals surface area contributed by atoms with E-state index in [0.29, 0.717) is 11.3 Å². The van der Waals surface area contributed by atoms with Gasteiger partial charge in [-0.2, -0.15) is 5.26 Å². The highest BCUT2D eigenvalue weighted by Gasteiger charge is 2.22. The summed E-state index contributed by atoms with van der Waals surface area (Å²) in [5.74, 6) is -0.766. The van der Waals surface area contributed by atoms with E-state index in [-0.39, 0.29) is 6.61 Å². The summed E-state index contributed by atoms with van der Waals surface area (Å²) in [5, 5.41) is 9.02. The standard InChI is InChI=1S/C13H15NO3/c1-4-17-13(15)11(8-14)10-6-5-9(2)12(7-10)16-3/h5-7,11H,4H2,1-3H3. The minimum atomic E-state index is -0.899. The fourth-order valence-electron chi connectivity index (χ4n) is 1.51. The third-order valence-electron chi connectivity index (χ3n) is 2.42. The largest absolute Gasteiger partial charge is 0.496 e. The normalized spacial score (nSPS) is 11.4. The summed E-state index contributed by atoms with van der Waals surface area (Å²) >= 11 is 0. The molecule has 0 aliphatic heterocycles. The van der Waals surface area contributed by atoms with Gasteiger partial charge < -0.3 is 9.47 Å². The van der Waals surface area contributed by atoms with E-state index in [2.05, 4.69) is 0 Å². The molecule has 0 saturated carbocycles. The van der Waals surface area contributed by atoms with Crippen LogP contribution in [0.5, 0.6) is 5.75 Å². The second-order valence-corrected chi connectivity index (χ2v) is 3.54. The summed E-state index contributed by atoms with van der Waals surface area (Å²) in [5.41, 5.74) is 1.55. The van der Waals surface area contributed by atoms with Crippen molar-refractivity contribution in [2.45, 2.75) is 19.8 Å². The topological polar surface area (TPSA) is 59.3 Å². The molecule has 0 spiro atoms. The van der Waals surface area contributed by atoms with Crippen molar-refractivity contribution in [2.75, 3.05) is 13.7 Å². The molecule has 0 bridgehead atoms. The molecule has 0 aliphatic carbocycles. The first-order chi connectivity index (χ1) is 8.13. The maximum absolute atomic E-state index is 11.6. The summed E-state index contributed by atoms with van der Waals surface area (Å²) in [7, 11) is 1.55. The first kappa shape index (κ1) is 13.0. The summed E-state index contributed by atoms with van der Waals surface area (Å²) < 4.78 is 10.0. The molecule has 0 aromatic heterocycles. The Balaban J connectivity index is 3.05. The lowest BCUT2D eigenvalue weighted by molar-refractivity contribution is -0.143. The Hall–Kier alpha value is -2.02. The molecule has 4 heteroatoms. The van der Waals surface area contributed by atoms with Crippen LogP contribution in [0.2, 0.25) is 0 Å². The Labute approximate surface area is 101 Å². The van der Waals surface area contributed by atoms with Gasteiger partial charge in [0.15, 0.2) is 5.92 Å². The molecular formula is C13H15NO3. The summed E-state index contributed by atoms with van der Waals surface area (Å²) in [6.07, 6.45) is 0. The van der Waals surface area contributed by atoms with E-state index >= 15 is 0 Å². The highest BCUT2D eigenvalue weighted by molar-refractivity contribution is 5.81. The molecule has 17 heavy (non-hydrogen) atoms. The Morgan fingerprint density at radius 1 is 1.53 bits per heavy atom. The molecule has 90 valence electrons. The van der Waals surface area contributed by atoms with Crippen LogP contribution in [0.15, 0.2) is 18.2 Å². The number of carbonyl (C=O) groups excluding carboxylic acids is 1. The van der Waals surface area contributed by atoms with Crippen LogP contribution < -0.4 is 4.74 Å². The van der Waals surface area contributed by atoms with Crippen LogP contribution in [0.1, 0.15) is 24.0 Å². The molecule has 0 N–H and O–H groups in total. The lowest BCUT2D eigenvalue weighted by Crippen LogP contribution is -2.14. The van der Waals surface area contributed by atoms with E-state index in [1.54, 1.807) is 26.2 Å². The lowest BCUT2D eigenvalue weighted by Gasteiger charge is -2.11. The Bertz CT molecular complexity index is 448. The average Bonchev–Trinajstić information content (AvgIpc) is 2.32. The predicted octanol–water partition coefficient (Wildman–Crippen LogP) is 2.17. The van der Waals surface area contributed by atoms with E-state index in [1.165, 1.54) is 0 Å². The molecule has 4 nitrogen and oxygen atoms in total. The van der Waals surface area contributed by atoms with Crippen LogP contribution >= 0.6 is 0 Å². The van der Waals surface area contributed by atoms with Crippen molar-refractivity contribution < 1.29 is 14.3 Å². The van der Waals surface area contributed by atoms with Gasteiger partial charge in [-0.25, -0.2) is 0 Å². The second-order valence-electron chi connectivity index (χ2n) is 3.54. The Kier molecular flexibility index (Phi) is 4.53. The Morgan fingerprint density at radius 3 is 2.76 bits per heavy atom. The smallest absolute Gasteiger partial charge is 0.327 e. The number of rotatable bonds is 4. The molecule has 1 unspecified atom stereocenters. The van der Waals surface area contributed by atoms with Crippen LogP contribution in [0, 0.1) is 18.3 Å². The average molecular weight is 233 g/mol. The molecule has 1 rings (SSSR count). The van der Waals surface area contributed by atoms with Gasteiger partial charge in [0.1, 0.15) is 5.75 Å². The quantitative estimate of drug-likeness (QED) is 0.748. The fraction of sp³-hybridized carbons (Fsp3) is 0.385. The maximum atomic E-state index is 11.6. The summed E-state index contributed by atoms with van der Waals surface area (Å²) in [6.45, 7) is 3.87. The van der Waals surface area contributed by atoms with Gasteiger partial charge >= 0.3 is 5.97 Å². The number of benzene rings is 1. The number of hydrogen-bond acceptors (Lipinski definition) is 4. The van der Waals surface area contributed by atoms with Crippen LogP contribution in [0.3, 0.4) is 0 Å². The van der Waals surface area contributed by atoms with Crippen molar-refractivity contribution in [3.05, 3.63) is 29.3 Å². The van der Waals surface area contributed by atoms with Gasteiger partial charge in [0.2, 0.25) is 0 Å². The maximum Gasteiger partial charge on any atom is 0.327 e. The zero-order valence-corrected chi connectivity index (χ0v) is 10.2.